The van der Waals surface area contributed by atoms with E-state index in [-0.39, 0.29) is 11.6 Å². The van der Waals surface area contributed by atoms with Crippen LogP contribution in [-0.2, 0) is 4.79 Å². The van der Waals surface area contributed by atoms with Gasteiger partial charge in [-0.25, -0.2) is 9.97 Å². The number of nitrogens with one attached hydrogen (secondary N) is 1. The zero-order valence-electron chi connectivity index (χ0n) is 15.1. The zero-order valence-corrected chi connectivity index (χ0v) is 16.7. The van der Waals surface area contributed by atoms with Crippen molar-refractivity contribution < 1.29 is 14.1 Å². The summed E-state index contributed by atoms with van der Waals surface area (Å²) >= 11 is 2.47. The van der Waals surface area contributed by atoms with Crippen LogP contribution in [0.5, 0.6) is 0 Å². The van der Waals surface area contributed by atoms with E-state index in [9.17, 15) is 14.9 Å². The maximum absolute atomic E-state index is 12.5. The Morgan fingerprint density at radius 3 is 2.86 bits per heavy atom. The highest BCUT2D eigenvalue weighted by Crippen LogP contribution is 2.30. The maximum Gasteiger partial charge on any atom is 0.270 e. The molecule has 1 amide bonds. The molecule has 146 valence electrons. The summed E-state index contributed by atoms with van der Waals surface area (Å²) in [7, 11) is 0. The Morgan fingerprint density at radius 2 is 2.07 bits per heavy atom. The van der Waals surface area contributed by atoms with E-state index in [1.807, 2.05) is 24.3 Å². The third kappa shape index (κ3) is 4.28. The molecule has 2 heterocycles. The molecule has 0 aliphatic rings. The number of para-hydroxylation sites is 2. The molecule has 29 heavy (non-hydrogen) atoms. The molecule has 0 saturated carbocycles. The van der Waals surface area contributed by atoms with E-state index >= 15 is 0 Å². The second-order valence-corrected chi connectivity index (χ2v) is 8.19. The minimum atomic E-state index is -0.455. The number of carbonyl (C=O) groups excluding carboxylic acids is 1. The first-order valence-corrected chi connectivity index (χ1v) is 10.3. The van der Waals surface area contributed by atoms with Crippen LogP contribution in [0.25, 0.3) is 22.4 Å². The van der Waals surface area contributed by atoms with Crippen molar-refractivity contribution >= 4 is 50.9 Å². The first kappa shape index (κ1) is 19.1. The van der Waals surface area contributed by atoms with Crippen molar-refractivity contribution in [2.45, 2.75) is 17.4 Å². The molecule has 0 spiro atoms. The molecule has 1 unspecified atom stereocenters. The molecule has 10 heteroatoms. The van der Waals surface area contributed by atoms with Gasteiger partial charge in [-0.3, -0.25) is 14.9 Å². The number of benzene rings is 2. The molecule has 2 aromatic heterocycles. The lowest BCUT2D eigenvalue weighted by Crippen LogP contribution is -2.22. The van der Waals surface area contributed by atoms with Gasteiger partial charge in [-0.1, -0.05) is 36.0 Å². The van der Waals surface area contributed by atoms with Crippen LogP contribution in [0.2, 0.25) is 0 Å². The fraction of sp³-hybridized carbons (Fsp3) is 0.105. The van der Waals surface area contributed by atoms with E-state index in [4.69, 9.17) is 4.42 Å². The summed E-state index contributed by atoms with van der Waals surface area (Å²) in [5, 5.41) is 15.8. The second-order valence-electron chi connectivity index (χ2n) is 6.04. The molecule has 0 radical (unpaired) electrons. The number of nitro groups is 1. The van der Waals surface area contributed by atoms with Crippen molar-refractivity contribution in [3.8, 4) is 11.3 Å². The molecule has 4 rings (SSSR count). The van der Waals surface area contributed by atoms with Gasteiger partial charge in [-0.2, -0.15) is 0 Å². The summed E-state index contributed by atoms with van der Waals surface area (Å²) in [4.78, 5) is 31.7. The molecule has 0 fully saturated rings. The summed E-state index contributed by atoms with van der Waals surface area (Å²) in [6.07, 6.45) is 0. The van der Waals surface area contributed by atoms with Crippen LogP contribution in [-0.4, -0.2) is 26.0 Å². The number of rotatable bonds is 6. The van der Waals surface area contributed by atoms with E-state index in [0.717, 1.165) is 5.52 Å². The Labute approximate surface area is 173 Å². The molecule has 4 aromatic rings. The lowest BCUT2D eigenvalue weighted by molar-refractivity contribution is -0.384. The van der Waals surface area contributed by atoms with E-state index in [2.05, 4.69) is 15.3 Å². The molecular weight excluding hydrogens is 412 g/mol. The number of thioether (sulfide) groups is 1. The summed E-state index contributed by atoms with van der Waals surface area (Å²) < 4.78 is 5.64. The summed E-state index contributed by atoms with van der Waals surface area (Å²) in [6.45, 7) is 1.75. The predicted octanol–water partition coefficient (Wildman–Crippen LogP) is 4.98. The second kappa shape index (κ2) is 8.02. The minimum absolute atomic E-state index is 0.00978. The summed E-state index contributed by atoms with van der Waals surface area (Å²) in [5.74, 6) is -0.239. The van der Waals surface area contributed by atoms with Crippen molar-refractivity contribution in [3.05, 3.63) is 64.0 Å². The zero-order chi connectivity index (χ0) is 20.4. The van der Waals surface area contributed by atoms with Crippen molar-refractivity contribution in [2.24, 2.45) is 0 Å². The van der Waals surface area contributed by atoms with E-state index in [1.165, 1.54) is 35.2 Å². The van der Waals surface area contributed by atoms with Gasteiger partial charge in [0.2, 0.25) is 5.91 Å². The van der Waals surface area contributed by atoms with Gasteiger partial charge in [0.25, 0.3) is 10.9 Å². The van der Waals surface area contributed by atoms with Gasteiger partial charge in [0, 0.05) is 23.1 Å². The number of oxazole rings is 1. The highest BCUT2D eigenvalue weighted by Gasteiger charge is 2.19. The molecular formula is C19H14N4O4S2. The van der Waals surface area contributed by atoms with Crippen molar-refractivity contribution in [1.82, 2.24) is 9.97 Å². The highest BCUT2D eigenvalue weighted by atomic mass is 32.2. The standard InChI is InChI=1S/C19H14N4O4S2/c1-11(29-19-21-14-7-2-3-8-16(14)27-19)17(24)22-18-20-15(10-28-18)12-5-4-6-13(9-12)23(25)26/h2-11H,1H3,(H,20,22,24). The first-order valence-electron chi connectivity index (χ1n) is 8.53. The Hall–Kier alpha value is -3.24. The number of hydrogen-bond acceptors (Lipinski definition) is 8. The molecule has 1 atom stereocenters. The van der Waals surface area contributed by atoms with Crippen LogP contribution in [0, 0.1) is 10.1 Å². The Balaban J connectivity index is 1.43. The molecule has 0 bridgehead atoms. The van der Waals surface area contributed by atoms with Crippen molar-refractivity contribution in [2.75, 3.05) is 5.32 Å². The van der Waals surface area contributed by atoms with Gasteiger partial charge in [-0.15, -0.1) is 11.3 Å². The van der Waals surface area contributed by atoms with Crippen LogP contribution in [0.1, 0.15) is 6.92 Å². The van der Waals surface area contributed by atoms with E-state index < -0.39 is 10.2 Å². The first-order chi connectivity index (χ1) is 14.0. The number of hydrogen-bond donors (Lipinski definition) is 1. The average molecular weight is 426 g/mol. The molecule has 0 aliphatic carbocycles. The monoisotopic (exact) mass is 426 g/mol. The number of nitrogens with zero attached hydrogens (tertiary/aromatic N) is 3. The molecule has 8 nitrogen and oxygen atoms in total. The van der Waals surface area contributed by atoms with Gasteiger partial charge in [-0.05, 0) is 19.1 Å². The Kier molecular flexibility index (Phi) is 5.28. The molecule has 0 saturated heterocycles. The Morgan fingerprint density at radius 1 is 1.24 bits per heavy atom. The lowest BCUT2D eigenvalue weighted by atomic mass is 10.1. The van der Waals surface area contributed by atoms with Crippen LogP contribution in [0.15, 0.2) is 63.6 Å². The van der Waals surface area contributed by atoms with Crippen molar-refractivity contribution in [3.63, 3.8) is 0 Å². The van der Waals surface area contributed by atoms with Gasteiger partial charge in [0.05, 0.1) is 15.9 Å². The fourth-order valence-corrected chi connectivity index (χ4v) is 4.04. The molecule has 1 N–H and O–H groups in total. The van der Waals surface area contributed by atoms with Gasteiger partial charge in [0.1, 0.15) is 5.52 Å². The minimum Gasteiger partial charge on any atom is -0.431 e. The summed E-state index contributed by atoms with van der Waals surface area (Å²) in [5.41, 5.74) is 2.58. The third-order valence-corrected chi connectivity index (χ3v) is 5.71. The molecule has 2 aromatic carbocycles. The third-order valence-electron chi connectivity index (χ3n) is 4.01. The number of non-ortho nitro benzene ring substituents is 1. The van der Waals surface area contributed by atoms with E-state index in [1.54, 1.807) is 24.4 Å². The normalized spacial score (nSPS) is 12.0. The van der Waals surface area contributed by atoms with Gasteiger partial charge >= 0.3 is 0 Å². The number of amides is 1. The number of nitro benzene ring substituents is 1. The number of carbonyl (C=O) groups is 1. The highest BCUT2D eigenvalue weighted by molar-refractivity contribution is 8.00. The van der Waals surface area contributed by atoms with Crippen LogP contribution in [0.3, 0.4) is 0 Å². The smallest absolute Gasteiger partial charge is 0.270 e. The van der Waals surface area contributed by atoms with Crippen molar-refractivity contribution in [1.29, 1.82) is 0 Å². The summed E-state index contributed by atoms with van der Waals surface area (Å²) in [6, 6.07) is 13.6. The van der Waals surface area contributed by atoms with Crippen LogP contribution >= 0.6 is 23.1 Å². The molecule has 0 aliphatic heterocycles. The lowest BCUT2D eigenvalue weighted by Gasteiger charge is -2.07. The predicted molar refractivity (Wildman–Crippen MR) is 112 cm³/mol. The Bertz CT molecular complexity index is 1170. The number of aromatic nitrogens is 2. The topological polar surface area (TPSA) is 111 Å². The van der Waals surface area contributed by atoms with Crippen LogP contribution < -0.4 is 5.32 Å². The fourth-order valence-electron chi connectivity index (χ4n) is 2.56. The number of fused-ring (bicyclic) bond motifs is 1. The van der Waals surface area contributed by atoms with Crippen LogP contribution in [0.4, 0.5) is 10.8 Å². The number of thiazole rings is 1. The number of anilines is 1. The van der Waals surface area contributed by atoms with Gasteiger partial charge < -0.3 is 9.73 Å². The maximum atomic E-state index is 12.5. The average Bonchev–Trinajstić information content (AvgIpc) is 3.34. The van der Waals surface area contributed by atoms with E-state index in [0.29, 0.717) is 27.2 Å². The SMILES string of the molecule is CC(Sc1nc2ccccc2o1)C(=O)Nc1nc(-c2cccc([N+](=O)[O-])c2)cs1. The quantitative estimate of drug-likeness (QED) is 0.263. The largest absolute Gasteiger partial charge is 0.431 e. The van der Waals surface area contributed by atoms with Gasteiger partial charge in [0.15, 0.2) is 10.7 Å².